The van der Waals surface area contributed by atoms with Crippen molar-refractivity contribution in [2.75, 3.05) is 52.4 Å². The van der Waals surface area contributed by atoms with Gasteiger partial charge in [-0.1, -0.05) is 65.5 Å². The van der Waals surface area contributed by atoms with Gasteiger partial charge < -0.3 is 9.80 Å². The molecule has 0 radical (unpaired) electrons. The molecular formula is C40H36Cl2F4N4O4S. The summed E-state index contributed by atoms with van der Waals surface area (Å²) in [7, 11) is -3.53. The monoisotopic (exact) mass is 814 g/mol. The molecule has 0 aliphatic carbocycles. The summed E-state index contributed by atoms with van der Waals surface area (Å²) in [6, 6.07) is 24.2. The van der Waals surface area contributed by atoms with Crippen molar-refractivity contribution in [1.82, 2.24) is 19.0 Å². The van der Waals surface area contributed by atoms with Gasteiger partial charge in [-0.15, -0.1) is 0 Å². The van der Waals surface area contributed by atoms with Crippen molar-refractivity contribution in [3.05, 3.63) is 141 Å². The highest BCUT2D eigenvalue weighted by molar-refractivity contribution is 7.89. The first kappa shape index (κ1) is 41.5. The molecule has 288 valence electrons. The number of benzene rings is 4. The Balaban J connectivity index is 0.000000211. The van der Waals surface area contributed by atoms with Gasteiger partial charge in [0.15, 0.2) is 0 Å². The second kappa shape index (κ2) is 18.8. The molecule has 15 heteroatoms. The Morgan fingerprint density at radius 3 is 1.96 bits per heavy atom. The number of rotatable bonds is 6. The van der Waals surface area contributed by atoms with E-state index in [4.69, 9.17) is 23.2 Å². The quantitative estimate of drug-likeness (QED) is 0.118. The molecule has 4 aromatic rings. The first-order valence-electron chi connectivity index (χ1n) is 17.1. The SMILES string of the molecule is O=C(/C=C/c1ccc(Cl)c(Cl)c1)N1CCN(S(=O)(=O)c2ccccc2)CC1.O=C(C#Cc1ccc(C(F)(F)F)cc1)N1CCN(Cc2ccc(F)cc2)CC1. The largest absolute Gasteiger partial charge is 0.416 e. The lowest BCUT2D eigenvalue weighted by Crippen LogP contribution is -2.50. The fourth-order valence-corrected chi connectivity index (χ4v) is 7.43. The molecular weight excluding hydrogens is 779 g/mol. The van der Waals surface area contributed by atoms with Gasteiger partial charge in [0.05, 0.1) is 20.5 Å². The summed E-state index contributed by atoms with van der Waals surface area (Å²) in [5.41, 5.74) is 1.38. The highest BCUT2D eigenvalue weighted by atomic mass is 35.5. The van der Waals surface area contributed by atoms with Gasteiger partial charge in [0.25, 0.3) is 5.91 Å². The minimum absolute atomic E-state index is 0.169. The molecule has 4 aromatic carbocycles. The van der Waals surface area contributed by atoms with Gasteiger partial charge in [-0.25, -0.2) is 12.8 Å². The van der Waals surface area contributed by atoms with Crippen LogP contribution in [0, 0.1) is 17.7 Å². The van der Waals surface area contributed by atoms with E-state index in [0.29, 0.717) is 61.4 Å². The summed E-state index contributed by atoms with van der Waals surface area (Å²) in [4.78, 5) is 30.3. The number of nitrogens with zero attached hydrogens (tertiary/aromatic N) is 4. The maximum Gasteiger partial charge on any atom is 0.416 e. The van der Waals surface area contributed by atoms with Crippen LogP contribution in [-0.2, 0) is 32.3 Å². The summed E-state index contributed by atoms with van der Waals surface area (Å²) in [5, 5.41) is 0.877. The molecule has 0 spiro atoms. The molecule has 0 unspecified atom stereocenters. The minimum Gasteiger partial charge on any atom is -0.337 e. The van der Waals surface area contributed by atoms with Crippen LogP contribution >= 0.6 is 23.2 Å². The van der Waals surface area contributed by atoms with Crippen molar-refractivity contribution in [3.63, 3.8) is 0 Å². The molecule has 2 fully saturated rings. The smallest absolute Gasteiger partial charge is 0.337 e. The molecule has 55 heavy (non-hydrogen) atoms. The Morgan fingerprint density at radius 2 is 1.36 bits per heavy atom. The molecule has 6 rings (SSSR count). The predicted octanol–water partition coefficient (Wildman–Crippen LogP) is 7.08. The lowest BCUT2D eigenvalue weighted by Gasteiger charge is -2.33. The van der Waals surface area contributed by atoms with Crippen LogP contribution in [0.4, 0.5) is 17.6 Å². The molecule has 0 bridgehead atoms. The topological polar surface area (TPSA) is 81.2 Å². The van der Waals surface area contributed by atoms with E-state index in [1.165, 1.54) is 34.6 Å². The molecule has 2 saturated heterocycles. The van der Waals surface area contributed by atoms with Gasteiger partial charge >= 0.3 is 6.18 Å². The van der Waals surface area contributed by atoms with Gasteiger partial charge in [0, 0.05) is 76.5 Å². The van der Waals surface area contributed by atoms with Crippen molar-refractivity contribution in [2.24, 2.45) is 0 Å². The van der Waals surface area contributed by atoms with E-state index >= 15 is 0 Å². The number of halogens is 6. The number of hydrogen-bond acceptors (Lipinski definition) is 5. The molecule has 2 aliphatic rings. The summed E-state index contributed by atoms with van der Waals surface area (Å²) in [6.45, 7) is 4.28. The van der Waals surface area contributed by atoms with Crippen molar-refractivity contribution in [1.29, 1.82) is 0 Å². The van der Waals surface area contributed by atoms with Crippen molar-refractivity contribution < 1.29 is 35.6 Å². The molecule has 2 heterocycles. The number of piperazine rings is 2. The number of hydrogen-bond donors (Lipinski definition) is 0. The number of amides is 2. The highest BCUT2D eigenvalue weighted by Crippen LogP contribution is 2.29. The number of alkyl halides is 3. The van der Waals surface area contributed by atoms with Crippen molar-refractivity contribution >= 4 is 51.1 Å². The van der Waals surface area contributed by atoms with Crippen LogP contribution < -0.4 is 0 Å². The summed E-state index contributed by atoms with van der Waals surface area (Å²) in [6.07, 6.45) is -1.27. The van der Waals surface area contributed by atoms with E-state index < -0.39 is 21.8 Å². The van der Waals surface area contributed by atoms with Crippen LogP contribution in [0.25, 0.3) is 6.08 Å². The first-order valence-corrected chi connectivity index (χ1v) is 19.3. The van der Waals surface area contributed by atoms with E-state index in [1.807, 2.05) is 0 Å². The molecule has 8 nitrogen and oxygen atoms in total. The molecule has 0 N–H and O–H groups in total. The molecule has 0 atom stereocenters. The maximum atomic E-state index is 13.0. The zero-order valence-electron chi connectivity index (χ0n) is 29.4. The Hall–Kier alpha value is -4.71. The van der Waals surface area contributed by atoms with Crippen LogP contribution in [0.3, 0.4) is 0 Å². The first-order chi connectivity index (χ1) is 26.2. The number of carbonyl (C=O) groups excluding carboxylic acids is 2. The second-order valence-corrected chi connectivity index (χ2v) is 15.3. The summed E-state index contributed by atoms with van der Waals surface area (Å²) >= 11 is 11.8. The van der Waals surface area contributed by atoms with Gasteiger partial charge in [0.1, 0.15) is 5.82 Å². The molecule has 2 amide bonds. The Kier molecular flexibility index (Phi) is 14.1. The van der Waals surface area contributed by atoms with Gasteiger partial charge in [0.2, 0.25) is 15.9 Å². The number of carbonyl (C=O) groups is 2. The van der Waals surface area contributed by atoms with Crippen LogP contribution in [0.1, 0.15) is 22.3 Å². The summed E-state index contributed by atoms with van der Waals surface area (Å²) in [5.74, 6) is 4.33. The van der Waals surface area contributed by atoms with E-state index in [0.717, 1.165) is 23.3 Å². The predicted molar refractivity (Wildman–Crippen MR) is 204 cm³/mol. The van der Waals surface area contributed by atoms with E-state index in [2.05, 4.69) is 16.7 Å². The standard InChI is InChI=1S/C21H18F4N2O.C19H18Cl2N2O3S/c22-19-8-3-17(4-9-19)15-26-11-13-27(14-12-26)20(28)10-5-16-1-6-18(7-2-16)21(23,24)25;20-17-8-6-15(14-18(17)21)7-9-19(24)22-10-12-23(13-11-22)27(25,26)16-4-2-1-3-5-16/h1-4,6-9H,11-15H2;1-9,14H,10-13H2/b;9-7+. The molecule has 0 saturated carbocycles. The van der Waals surface area contributed by atoms with Crippen molar-refractivity contribution in [3.8, 4) is 11.8 Å². The fraction of sp³-hybridized carbons (Fsp3) is 0.250. The van der Waals surface area contributed by atoms with Gasteiger partial charge in [-0.3, -0.25) is 14.5 Å². The Morgan fingerprint density at radius 1 is 0.745 bits per heavy atom. The third-order valence-corrected chi connectivity index (χ3v) is 11.5. The van der Waals surface area contributed by atoms with E-state index in [9.17, 15) is 35.6 Å². The Labute approximate surface area is 327 Å². The fourth-order valence-electron chi connectivity index (χ4n) is 5.68. The van der Waals surface area contributed by atoms with E-state index in [1.54, 1.807) is 76.5 Å². The minimum atomic E-state index is -4.39. The lowest BCUT2D eigenvalue weighted by atomic mass is 10.1. The third kappa shape index (κ3) is 11.9. The zero-order chi connectivity index (χ0) is 39.6. The average molecular weight is 816 g/mol. The lowest BCUT2D eigenvalue weighted by molar-refractivity contribution is -0.137. The van der Waals surface area contributed by atoms with Crippen LogP contribution in [0.5, 0.6) is 0 Å². The maximum absolute atomic E-state index is 13.0. The average Bonchev–Trinajstić information content (AvgIpc) is 3.19. The number of sulfonamides is 1. The van der Waals surface area contributed by atoms with Crippen molar-refractivity contribution in [2.45, 2.75) is 17.6 Å². The Bertz CT molecular complexity index is 2140. The second-order valence-electron chi connectivity index (χ2n) is 12.6. The van der Waals surface area contributed by atoms with Gasteiger partial charge in [-0.05, 0) is 77.9 Å². The molecule has 0 aromatic heterocycles. The van der Waals surface area contributed by atoms with Crippen LogP contribution in [0.2, 0.25) is 10.0 Å². The van der Waals surface area contributed by atoms with Crippen LogP contribution in [-0.4, -0.2) is 91.6 Å². The molecule has 2 aliphatic heterocycles. The van der Waals surface area contributed by atoms with Gasteiger partial charge in [-0.2, -0.15) is 17.5 Å². The highest BCUT2D eigenvalue weighted by Gasteiger charge is 2.30. The summed E-state index contributed by atoms with van der Waals surface area (Å²) < 4.78 is 77.2. The third-order valence-electron chi connectivity index (χ3n) is 8.80. The zero-order valence-corrected chi connectivity index (χ0v) is 31.7. The normalized spacial score (nSPS) is 15.5. The van der Waals surface area contributed by atoms with E-state index in [-0.39, 0.29) is 35.6 Å². The van der Waals surface area contributed by atoms with Crippen LogP contribution in [0.15, 0.2) is 108 Å².